The van der Waals surface area contributed by atoms with Gasteiger partial charge in [0.2, 0.25) is 17.8 Å². The average molecular weight is 331 g/mol. The molecule has 1 unspecified atom stereocenters. The summed E-state index contributed by atoms with van der Waals surface area (Å²) in [6.07, 6.45) is 6.19. The van der Waals surface area contributed by atoms with Crippen molar-refractivity contribution >= 4 is 17.8 Å². The van der Waals surface area contributed by atoms with Crippen molar-refractivity contribution in [2.24, 2.45) is 5.92 Å². The first-order valence-electron chi connectivity index (χ1n) is 8.71. The lowest BCUT2D eigenvalue weighted by atomic mass is 9.96. The highest BCUT2D eigenvalue weighted by atomic mass is 16.2. The zero-order valence-electron chi connectivity index (χ0n) is 14.2. The maximum atomic E-state index is 12.9. The Labute approximate surface area is 142 Å². The van der Waals surface area contributed by atoms with Crippen molar-refractivity contribution in [2.75, 3.05) is 44.2 Å². The van der Waals surface area contributed by atoms with E-state index in [1.165, 1.54) is 0 Å². The predicted octanol–water partition coefficient (Wildman–Crippen LogP) is 0.774. The number of rotatable bonds is 2. The van der Waals surface area contributed by atoms with Crippen molar-refractivity contribution < 1.29 is 9.59 Å². The molecule has 0 aliphatic carbocycles. The van der Waals surface area contributed by atoms with Gasteiger partial charge in [0.15, 0.2) is 0 Å². The molecule has 24 heavy (non-hydrogen) atoms. The molecule has 0 spiro atoms. The lowest BCUT2D eigenvalue weighted by Gasteiger charge is -2.34. The fraction of sp³-hybridized carbons (Fsp3) is 0.647. The standard InChI is InChI=1S/C17H25N5O2/c1-14(23)22-8-2-5-15(13-22)16(24)20-9-4-10-21(12-11-20)17-18-6-3-7-19-17/h3,6-7,15H,2,4-5,8-13H2,1H3. The molecule has 2 saturated heterocycles. The van der Waals surface area contributed by atoms with Crippen LogP contribution in [0.5, 0.6) is 0 Å². The van der Waals surface area contributed by atoms with Gasteiger partial charge in [0.25, 0.3) is 0 Å². The molecule has 0 N–H and O–H groups in total. The SMILES string of the molecule is CC(=O)N1CCCC(C(=O)N2CCCN(c3ncccn3)CC2)C1. The second-order valence-corrected chi connectivity index (χ2v) is 6.52. The van der Waals surface area contributed by atoms with Gasteiger partial charge in [-0.2, -0.15) is 0 Å². The summed E-state index contributed by atoms with van der Waals surface area (Å²) in [6, 6.07) is 1.81. The summed E-state index contributed by atoms with van der Waals surface area (Å²) >= 11 is 0. The topological polar surface area (TPSA) is 69.6 Å². The quantitative estimate of drug-likeness (QED) is 0.801. The van der Waals surface area contributed by atoms with E-state index < -0.39 is 0 Å². The highest BCUT2D eigenvalue weighted by molar-refractivity contribution is 5.81. The Morgan fingerprint density at radius 3 is 2.50 bits per heavy atom. The van der Waals surface area contributed by atoms with E-state index in [1.54, 1.807) is 30.3 Å². The second kappa shape index (κ2) is 7.59. The van der Waals surface area contributed by atoms with Gasteiger partial charge in [0.05, 0.1) is 5.92 Å². The number of aromatic nitrogens is 2. The molecule has 130 valence electrons. The molecule has 2 fully saturated rings. The van der Waals surface area contributed by atoms with Crippen LogP contribution in [-0.4, -0.2) is 70.9 Å². The molecule has 1 aromatic heterocycles. The van der Waals surface area contributed by atoms with Crippen LogP contribution in [0.4, 0.5) is 5.95 Å². The normalized spacial score (nSPS) is 22.2. The van der Waals surface area contributed by atoms with Gasteiger partial charge in [0, 0.05) is 58.6 Å². The largest absolute Gasteiger partial charge is 0.342 e. The van der Waals surface area contributed by atoms with Crippen LogP contribution >= 0.6 is 0 Å². The van der Waals surface area contributed by atoms with Crippen molar-refractivity contribution in [1.29, 1.82) is 0 Å². The van der Waals surface area contributed by atoms with E-state index in [1.807, 2.05) is 4.90 Å². The van der Waals surface area contributed by atoms with E-state index in [0.29, 0.717) is 13.1 Å². The number of likely N-dealkylation sites (tertiary alicyclic amines) is 1. The number of nitrogens with zero attached hydrogens (tertiary/aromatic N) is 5. The number of piperidine rings is 1. The van der Waals surface area contributed by atoms with Crippen LogP contribution in [0.1, 0.15) is 26.2 Å². The number of hydrogen-bond donors (Lipinski definition) is 0. The number of hydrogen-bond acceptors (Lipinski definition) is 5. The van der Waals surface area contributed by atoms with Crippen LogP contribution in [0.25, 0.3) is 0 Å². The lowest BCUT2D eigenvalue weighted by Crippen LogP contribution is -2.47. The molecule has 1 atom stereocenters. The fourth-order valence-electron chi connectivity index (χ4n) is 3.52. The minimum Gasteiger partial charge on any atom is -0.342 e. The molecule has 0 bridgehead atoms. The molecule has 2 aliphatic heterocycles. The lowest BCUT2D eigenvalue weighted by molar-refractivity contribution is -0.140. The molecular formula is C17H25N5O2. The minimum absolute atomic E-state index is 0.0535. The van der Waals surface area contributed by atoms with E-state index in [2.05, 4.69) is 14.9 Å². The molecule has 0 saturated carbocycles. The zero-order valence-corrected chi connectivity index (χ0v) is 14.2. The average Bonchev–Trinajstić information content (AvgIpc) is 2.88. The van der Waals surface area contributed by atoms with Gasteiger partial charge in [-0.25, -0.2) is 9.97 Å². The highest BCUT2D eigenvalue weighted by Crippen LogP contribution is 2.20. The number of anilines is 1. The summed E-state index contributed by atoms with van der Waals surface area (Å²) in [7, 11) is 0. The van der Waals surface area contributed by atoms with Crippen LogP contribution < -0.4 is 4.90 Å². The second-order valence-electron chi connectivity index (χ2n) is 6.52. The summed E-state index contributed by atoms with van der Waals surface area (Å²) < 4.78 is 0. The Balaban J connectivity index is 1.59. The first-order valence-corrected chi connectivity index (χ1v) is 8.71. The maximum absolute atomic E-state index is 12.9. The predicted molar refractivity (Wildman–Crippen MR) is 90.4 cm³/mol. The van der Waals surface area contributed by atoms with Gasteiger partial charge in [0.1, 0.15) is 0 Å². The molecule has 7 heteroatoms. The molecule has 3 rings (SSSR count). The summed E-state index contributed by atoms with van der Waals surface area (Å²) in [6.45, 7) is 5.98. The Hall–Kier alpha value is -2.18. The smallest absolute Gasteiger partial charge is 0.227 e. The highest BCUT2D eigenvalue weighted by Gasteiger charge is 2.31. The number of amides is 2. The monoisotopic (exact) mass is 331 g/mol. The molecule has 7 nitrogen and oxygen atoms in total. The zero-order chi connectivity index (χ0) is 16.9. The van der Waals surface area contributed by atoms with E-state index in [9.17, 15) is 9.59 Å². The first-order chi connectivity index (χ1) is 11.6. The van der Waals surface area contributed by atoms with Gasteiger partial charge in [-0.15, -0.1) is 0 Å². The van der Waals surface area contributed by atoms with Crippen molar-refractivity contribution in [3.05, 3.63) is 18.5 Å². The first kappa shape index (κ1) is 16.7. The number of carbonyl (C=O) groups excluding carboxylic acids is 2. The van der Waals surface area contributed by atoms with Crippen molar-refractivity contribution in [1.82, 2.24) is 19.8 Å². The van der Waals surface area contributed by atoms with Gasteiger partial charge in [-0.05, 0) is 25.3 Å². The third-order valence-corrected chi connectivity index (χ3v) is 4.86. The van der Waals surface area contributed by atoms with Gasteiger partial charge >= 0.3 is 0 Å². The van der Waals surface area contributed by atoms with Crippen LogP contribution in [0.2, 0.25) is 0 Å². The third-order valence-electron chi connectivity index (χ3n) is 4.86. The Bertz CT molecular complexity index is 580. The Morgan fingerprint density at radius 2 is 1.75 bits per heavy atom. The molecule has 3 heterocycles. The third kappa shape index (κ3) is 3.83. The molecular weight excluding hydrogens is 306 g/mol. The van der Waals surface area contributed by atoms with Gasteiger partial charge in [-0.1, -0.05) is 0 Å². The van der Waals surface area contributed by atoms with Crippen LogP contribution in [0, 0.1) is 5.92 Å². The van der Waals surface area contributed by atoms with Crippen LogP contribution in [0.15, 0.2) is 18.5 Å². The molecule has 1 aromatic rings. The van der Waals surface area contributed by atoms with Crippen LogP contribution in [0.3, 0.4) is 0 Å². The summed E-state index contributed by atoms with van der Waals surface area (Å²) in [4.78, 5) is 38.9. The number of carbonyl (C=O) groups is 2. The Kier molecular flexibility index (Phi) is 5.27. The van der Waals surface area contributed by atoms with E-state index in [-0.39, 0.29) is 17.7 Å². The molecule has 0 aromatic carbocycles. The Morgan fingerprint density at radius 1 is 1.00 bits per heavy atom. The summed E-state index contributed by atoms with van der Waals surface area (Å²) in [5.74, 6) is 0.932. The maximum Gasteiger partial charge on any atom is 0.227 e. The molecule has 0 radical (unpaired) electrons. The van der Waals surface area contributed by atoms with Gasteiger partial charge < -0.3 is 14.7 Å². The minimum atomic E-state index is -0.0535. The molecule has 2 aliphatic rings. The van der Waals surface area contributed by atoms with E-state index >= 15 is 0 Å². The van der Waals surface area contributed by atoms with Gasteiger partial charge in [-0.3, -0.25) is 9.59 Å². The van der Waals surface area contributed by atoms with Crippen molar-refractivity contribution in [3.63, 3.8) is 0 Å². The molecule has 2 amide bonds. The van der Waals surface area contributed by atoms with Crippen molar-refractivity contribution in [2.45, 2.75) is 26.2 Å². The summed E-state index contributed by atoms with van der Waals surface area (Å²) in [5.41, 5.74) is 0. The van der Waals surface area contributed by atoms with E-state index in [4.69, 9.17) is 0 Å². The van der Waals surface area contributed by atoms with Crippen LogP contribution in [-0.2, 0) is 9.59 Å². The summed E-state index contributed by atoms with van der Waals surface area (Å²) in [5, 5.41) is 0. The van der Waals surface area contributed by atoms with Crippen molar-refractivity contribution in [3.8, 4) is 0 Å². The fourth-order valence-corrected chi connectivity index (χ4v) is 3.52. The van der Waals surface area contributed by atoms with E-state index in [0.717, 1.165) is 51.4 Å².